The molecule has 4 nitrogen and oxygen atoms in total. The first-order chi connectivity index (χ1) is 10.1. The third kappa shape index (κ3) is 2.84. The highest BCUT2D eigenvalue weighted by Gasteiger charge is 2.10. The Labute approximate surface area is 123 Å². The number of aromatic amines is 1. The molecule has 0 aliphatic heterocycles. The van der Waals surface area contributed by atoms with Crippen LogP contribution in [0.3, 0.4) is 0 Å². The number of hydrogen-bond acceptors (Lipinski definition) is 2. The number of hydrogen-bond donors (Lipinski definition) is 2. The average Bonchev–Trinajstić information content (AvgIpc) is 3.12. The van der Waals surface area contributed by atoms with Crippen LogP contribution in [0.4, 0.5) is 0 Å². The summed E-state index contributed by atoms with van der Waals surface area (Å²) in [5.41, 5.74) is 2.81. The molecular weight excluding hydrogens is 264 g/mol. The first kappa shape index (κ1) is 13.5. The number of carbonyl (C=O) groups is 1. The summed E-state index contributed by atoms with van der Waals surface area (Å²) in [5.74, 6) is 1.07. The zero-order valence-electron chi connectivity index (χ0n) is 12.1. The van der Waals surface area contributed by atoms with E-state index in [1.807, 2.05) is 18.2 Å². The predicted molar refractivity (Wildman–Crippen MR) is 82.3 cm³/mol. The highest BCUT2D eigenvalue weighted by atomic mass is 16.3. The Morgan fingerprint density at radius 1 is 1.29 bits per heavy atom. The summed E-state index contributed by atoms with van der Waals surface area (Å²) in [6.45, 7) is 4.70. The SMILES string of the molecule is CC(C)c1ccc2cc(C(=O)NCc3ccco3)[nH]c2c1. The van der Waals surface area contributed by atoms with E-state index >= 15 is 0 Å². The van der Waals surface area contributed by atoms with Gasteiger partial charge in [0.15, 0.2) is 0 Å². The van der Waals surface area contributed by atoms with Crippen molar-refractivity contribution in [1.82, 2.24) is 10.3 Å². The molecule has 1 aromatic carbocycles. The average molecular weight is 282 g/mol. The highest BCUT2D eigenvalue weighted by Crippen LogP contribution is 2.21. The van der Waals surface area contributed by atoms with E-state index in [0.717, 1.165) is 16.7 Å². The fourth-order valence-corrected chi connectivity index (χ4v) is 2.30. The Hall–Kier alpha value is -2.49. The summed E-state index contributed by atoms with van der Waals surface area (Å²) in [6.07, 6.45) is 1.60. The number of H-pyrrole nitrogens is 1. The maximum atomic E-state index is 12.1. The van der Waals surface area contributed by atoms with Gasteiger partial charge in [-0.2, -0.15) is 0 Å². The normalized spacial score (nSPS) is 11.2. The third-order valence-corrected chi connectivity index (χ3v) is 3.56. The van der Waals surface area contributed by atoms with Crippen LogP contribution < -0.4 is 5.32 Å². The molecule has 2 N–H and O–H groups in total. The summed E-state index contributed by atoms with van der Waals surface area (Å²) in [5, 5.41) is 3.88. The van der Waals surface area contributed by atoms with E-state index in [-0.39, 0.29) is 5.91 Å². The lowest BCUT2D eigenvalue weighted by Crippen LogP contribution is -2.22. The number of benzene rings is 1. The standard InChI is InChI=1S/C17H18N2O2/c1-11(2)12-5-6-13-9-16(19-15(13)8-12)17(20)18-10-14-4-3-7-21-14/h3-9,11,19H,10H2,1-2H3,(H,18,20). The van der Waals surface area contributed by atoms with Gasteiger partial charge in [0.25, 0.3) is 5.91 Å². The van der Waals surface area contributed by atoms with Crippen molar-refractivity contribution in [3.63, 3.8) is 0 Å². The number of nitrogens with one attached hydrogen (secondary N) is 2. The van der Waals surface area contributed by atoms with Crippen molar-refractivity contribution in [2.24, 2.45) is 0 Å². The van der Waals surface area contributed by atoms with Crippen molar-refractivity contribution in [2.75, 3.05) is 0 Å². The second kappa shape index (κ2) is 5.48. The quantitative estimate of drug-likeness (QED) is 0.764. The molecular formula is C17H18N2O2. The van der Waals surface area contributed by atoms with Gasteiger partial charge in [-0.15, -0.1) is 0 Å². The lowest BCUT2D eigenvalue weighted by molar-refractivity contribution is 0.0944. The van der Waals surface area contributed by atoms with E-state index < -0.39 is 0 Å². The largest absolute Gasteiger partial charge is 0.467 e. The maximum Gasteiger partial charge on any atom is 0.268 e. The lowest BCUT2D eigenvalue weighted by Gasteiger charge is -2.04. The molecule has 0 saturated heterocycles. The van der Waals surface area contributed by atoms with Gasteiger partial charge in [0.05, 0.1) is 12.8 Å². The van der Waals surface area contributed by atoms with Crippen LogP contribution in [0.25, 0.3) is 10.9 Å². The lowest BCUT2D eigenvalue weighted by atomic mass is 10.0. The summed E-state index contributed by atoms with van der Waals surface area (Å²) in [7, 11) is 0. The van der Waals surface area contributed by atoms with E-state index in [2.05, 4.69) is 36.3 Å². The number of aromatic nitrogens is 1. The molecule has 0 fully saturated rings. The second-order valence-electron chi connectivity index (χ2n) is 5.45. The van der Waals surface area contributed by atoms with Crippen LogP contribution in [0.5, 0.6) is 0 Å². The molecule has 0 aliphatic rings. The summed E-state index contributed by atoms with van der Waals surface area (Å²) in [6, 6.07) is 11.8. The topological polar surface area (TPSA) is 58.0 Å². The van der Waals surface area contributed by atoms with Gasteiger partial charge < -0.3 is 14.7 Å². The van der Waals surface area contributed by atoms with Gasteiger partial charge in [-0.3, -0.25) is 4.79 Å². The number of rotatable bonds is 4. The summed E-state index contributed by atoms with van der Waals surface area (Å²) in [4.78, 5) is 15.3. The minimum Gasteiger partial charge on any atom is -0.467 e. The Balaban J connectivity index is 1.78. The molecule has 1 amide bonds. The molecule has 0 aliphatic carbocycles. The molecule has 0 atom stereocenters. The molecule has 0 saturated carbocycles. The van der Waals surface area contributed by atoms with Gasteiger partial charge in [0.1, 0.15) is 11.5 Å². The van der Waals surface area contributed by atoms with Gasteiger partial charge in [-0.05, 0) is 35.7 Å². The van der Waals surface area contributed by atoms with Crippen molar-refractivity contribution in [1.29, 1.82) is 0 Å². The molecule has 0 radical (unpaired) electrons. The number of furan rings is 1. The number of fused-ring (bicyclic) bond motifs is 1. The minimum atomic E-state index is -0.131. The van der Waals surface area contributed by atoms with Crippen molar-refractivity contribution < 1.29 is 9.21 Å². The molecule has 108 valence electrons. The van der Waals surface area contributed by atoms with E-state index in [4.69, 9.17) is 4.42 Å². The first-order valence-electron chi connectivity index (χ1n) is 7.07. The third-order valence-electron chi connectivity index (χ3n) is 3.56. The van der Waals surface area contributed by atoms with Crippen molar-refractivity contribution >= 4 is 16.8 Å². The van der Waals surface area contributed by atoms with Crippen LogP contribution in [-0.4, -0.2) is 10.9 Å². The van der Waals surface area contributed by atoms with Crippen molar-refractivity contribution in [2.45, 2.75) is 26.3 Å². The Morgan fingerprint density at radius 2 is 2.14 bits per heavy atom. The fourth-order valence-electron chi connectivity index (χ4n) is 2.30. The number of carbonyl (C=O) groups excluding carboxylic acids is 1. The molecule has 3 aromatic rings. The summed E-state index contributed by atoms with van der Waals surface area (Å²) >= 11 is 0. The minimum absolute atomic E-state index is 0.131. The Morgan fingerprint density at radius 3 is 2.86 bits per heavy atom. The molecule has 2 heterocycles. The zero-order chi connectivity index (χ0) is 14.8. The zero-order valence-corrected chi connectivity index (χ0v) is 12.1. The monoisotopic (exact) mass is 282 g/mol. The highest BCUT2D eigenvalue weighted by molar-refractivity contribution is 5.98. The van der Waals surface area contributed by atoms with Gasteiger partial charge in [-0.25, -0.2) is 0 Å². The van der Waals surface area contributed by atoms with Crippen molar-refractivity contribution in [3.05, 3.63) is 59.7 Å². The summed E-state index contributed by atoms with van der Waals surface area (Å²) < 4.78 is 5.20. The van der Waals surface area contributed by atoms with Crippen LogP contribution in [0.1, 0.15) is 41.6 Å². The van der Waals surface area contributed by atoms with Crippen LogP contribution in [-0.2, 0) is 6.54 Å². The van der Waals surface area contributed by atoms with Gasteiger partial charge in [-0.1, -0.05) is 26.0 Å². The van der Waals surface area contributed by atoms with Crippen LogP contribution in [0, 0.1) is 0 Å². The molecule has 2 aromatic heterocycles. The first-order valence-corrected chi connectivity index (χ1v) is 7.07. The molecule has 4 heteroatoms. The van der Waals surface area contributed by atoms with E-state index in [1.54, 1.807) is 12.3 Å². The molecule has 0 spiro atoms. The van der Waals surface area contributed by atoms with Gasteiger partial charge in [0.2, 0.25) is 0 Å². The van der Waals surface area contributed by atoms with Gasteiger partial charge >= 0.3 is 0 Å². The maximum absolute atomic E-state index is 12.1. The van der Waals surface area contributed by atoms with E-state index in [1.165, 1.54) is 5.56 Å². The molecule has 0 bridgehead atoms. The van der Waals surface area contributed by atoms with Crippen LogP contribution in [0.2, 0.25) is 0 Å². The van der Waals surface area contributed by atoms with Crippen LogP contribution >= 0.6 is 0 Å². The number of amides is 1. The molecule has 21 heavy (non-hydrogen) atoms. The van der Waals surface area contributed by atoms with E-state index in [0.29, 0.717) is 18.2 Å². The smallest absolute Gasteiger partial charge is 0.268 e. The van der Waals surface area contributed by atoms with Crippen molar-refractivity contribution in [3.8, 4) is 0 Å². The second-order valence-corrected chi connectivity index (χ2v) is 5.45. The predicted octanol–water partition coefficient (Wildman–Crippen LogP) is 3.81. The fraction of sp³-hybridized carbons (Fsp3) is 0.235. The van der Waals surface area contributed by atoms with Crippen LogP contribution in [0.15, 0.2) is 47.1 Å². The Bertz CT molecular complexity index is 754. The van der Waals surface area contributed by atoms with Gasteiger partial charge in [0, 0.05) is 10.9 Å². The Kier molecular flexibility index (Phi) is 3.52. The van der Waals surface area contributed by atoms with E-state index in [9.17, 15) is 4.79 Å². The molecule has 0 unspecified atom stereocenters. The molecule has 3 rings (SSSR count).